The molecule has 2 fully saturated rings. The van der Waals surface area contributed by atoms with Crippen molar-refractivity contribution in [3.8, 4) is 0 Å². The van der Waals surface area contributed by atoms with Crippen LogP contribution in [0.25, 0.3) is 0 Å². The highest BCUT2D eigenvalue weighted by Crippen LogP contribution is 2.41. The number of carbonyl (C=O) groups excluding carboxylic acids is 1. The summed E-state index contributed by atoms with van der Waals surface area (Å²) in [4.78, 5) is 11.1. The largest absolute Gasteiger partial charge is 0.467 e. The molecule has 8 nitrogen and oxygen atoms in total. The Balaban J connectivity index is 2.14. The topological polar surface area (TPSA) is 85.4 Å². The summed E-state index contributed by atoms with van der Waals surface area (Å²) in [7, 11) is -1.34. The minimum absolute atomic E-state index is 0.00472. The quantitative estimate of drug-likeness (QED) is 0.670. The Hall–Kier alpha value is -1.52. The third kappa shape index (κ3) is 3.03. The van der Waals surface area contributed by atoms with Crippen LogP contribution in [0.3, 0.4) is 0 Å². The van der Waals surface area contributed by atoms with E-state index in [2.05, 4.69) is 0 Å². The molecule has 0 aliphatic carbocycles. The minimum atomic E-state index is -4.06. The Morgan fingerprint density at radius 1 is 1.19 bits per heavy atom. The first-order valence-electron chi connectivity index (χ1n) is 8.48. The van der Waals surface area contributed by atoms with Crippen molar-refractivity contribution in [1.29, 1.82) is 0 Å². The summed E-state index contributed by atoms with van der Waals surface area (Å²) in [5.74, 6) is -0.799. The number of hydrogen-bond donors (Lipinski definition) is 0. The van der Waals surface area contributed by atoms with E-state index in [9.17, 15) is 13.2 Å². The van der Waals surface area contributed by atoms with Gasteiger partial charge in [-0.05, 0) is 12.1 Å². The maximum Gasteiger partial charge on any atom is 0.343 e. The van der Waals surface area contributed by atoms with Gasteiger partial charge in [0.15, 0.2) is 0 Å². The Bertz CT molecular complexity index is 735. The number of sulfone groups is 1. The molecule has 144 valence electrons. The molecule has 1 aromatic carbocycles. The predicted molar refractivity (Wildman–Crippen MR) is 92.9 cm³/mol. The summed E-state index contributed by atoms with van der Waals surface area (Å²) in [6.07, 6.45) is -0.402. The summed E-state index contributed by atoms with van der Waals surface area (Å²) in [5.41, 5.74) is 0. The molecule has 0 radical (unpaired) electrons. The van der Waals surface area contributed by atoms with E-state index in [0.717, 1.165) is 0 Å². The number of morpholine rings is 1. The zero-order chi connectivity index (χ0) is 18.8. The van der Waals surface area contributed by atoms with Gasteiger partial charge in [-0.3, -0.25) is 0 Å². The molecule has 0 amide bonds. The van der Waals surface area contributed by atoms with Gasteiger partial charge in [-0.25, -0.2) is 23.2 Å². The summed E-state index contributed by atoms with van der Waals surface area (Å²) < 4.78 is 43.0. The lowest BCUT2D eigenvalue weighted by Gasteiger charge is -2.43. The maximum absolute atomic E-state index is 13.6. The number of methoxy groups -OCH3 is 2. The van der Waals surface area contributed by atoms with E-state index in [-0.39, 0.29) is 17.9 Å². The van der Waals surface area contributed by atoms with Crippen molar-refractivity contribution in [2.45, 2.75) is 22.3 Å². The number of nitrogens with zero attached hydrogens (tertiary/aromatic N) is 2. The standard InChI is InChI=1S/C17H24N2O6S/c1-23-14-12-17(16(20)24-2,19(13-14)18-8-10-25-11-9-18)26(21,22)15-6-4-3-5-7-15/h3-7,14H,8-13H2,1-2H3/t14-,17+/m0/s1. The molecule has 0 unspecified atom stereocenters. The van der Waals surface area contributed by atoms with Crippen LogP contribution in [0.5, 0.6) is 0 Å². The Morgan fingerprint density at radius 3 is 2.42 bits per heavy atom. The molecule has 26 heavy (non-hydrogen) atoms. The predicted octanol–water partition coefficient (Wildman–Crippen LogP) is 0.298. The molecule has 0 aromatic heterocycles. The molecule has 2 aliphatic rings. The summed E-state index contributed by atoms with van der Waals surface area (Å²) in [6, 6.07) is 8.00. The third-order valence-electron chi connectivity index (χ3n) is 4.96. The van der Waals surface area contributed by atoms with Crippen molar-refractivity contribution in [2.75, 3.05) is 47.1 Å². The van der Waals surface area contributed by atoms with E-state index in [0.29, 0.717) is 26.3 Å². The van der Waals surface area contributed by atoms with Gasteiger partial charge >= 0.3 is 5.97 Å². The average molecular weight is 384 g/mol. The van der Waals surface area contributed by atoms with E-state index in [1.54, 1.807) is 23.2 Å². The lowest BCUT2D eigenvalue weighted by atomic mass is 10.2. The van der Waals surface area contributed by atoms with Gasteiger partial charge < -0.3 is 14.2 Å². The first-order valence-corrected chi connectivity index (χ1v) is 9.97. The summed E-state index contributed by atoms with van der Waals surface area (Å²) >= 11 is 0. The Labute approximate surface area is 153 Å². The van der Waals surface area contributed by atoms with E-state index in [1.165, 1.54) is 26.4 Å². The van der Waals surface area contributed by atoms with Gasteiger partial charge in [0, 0.05) is 33.2 Å². The SMILES string of the molecule is COC(=O)[C@]1(S(=O)(=O)c2ccccc2)C[C@H](OC)CN1N1CCOCC1. The molecule has 0 bridgehead atoms. The second-order valence-electron chi connectivity index (χ2n) is 6.30. The first-order chi connectivity index (χ1) is 12.5. The molecular weight excluding hydrogens is 360 g/mol. The molecule has 2 saturated heterocycles. The van der Waals surface area contributed by atoms with Crippen LogP contribution in [0.2, 0.25) is 0 Å². The average Bonchev–Trinajstić information content (AvgIpc) is 3.10. The molecule has 9 heteroatoms. The van der Waals surface area contributed by atoms with Gasteiger partial charge in [-0.15, -0.1) is 0 Å². The zero-order valence-electron chi connectivity index (χ0n) is 15.0. The fraction of sp³-hybridized carbons (Fsp3) is 0.588. The molecule has 2 atom stereocenters. The lowest BCUT2D eigenvalue weighted by Crippen LogP contribution is -2.64. The van der Waals surface area contributed by atoms with Crippen molar-refractivity contribution in [2.24, 2.45) is 0 Å². The van der Waals surface area contributed by atoms with Gasteiger partial charge in [-0.2, -0.15) is 0 Å². The number of rotatable bonds is 5. The number of hydrazine groups is 1. The molecule has 0 N–H and O–H groups in total. The van der Waals surface area contributed by atoms with Gasteiger partial charge in [0.1, 0.15) is 0 Å². The van der Waals surface area contributed by atoms with Crippen LogP contribution in [0, 0.1) is 0 Å². The summed E-state index contributed by atoms with van der Waals surface area (Å²) in [6.45, 7) is 2.23. The normalized spacial score (nSPS) is 28.2. The van der Waals surface area contributed by atoms with Crippen molar-refractivity contribution >= 4 is 15.8 Å². The molecular formula is C17H24N2O6S. The summed E-state index contributed by atoms with van der Waals surface area (Å²) in [5, 5.41) is 3.47. The van der Waals surface area contributed by atoms with Crippen LogP contribution in [-0.4, -0.2) is 82.4 Å². The van der Waals surface area contributed by atoms with E-state index in [1.807, 2.05) is 5.01 Å². The molecule has 0 saturated carbocycles. The smallest absolute Gasteiger partial charge is 0.343 e. The van der Waals surface area contributed by atoms with Crippen molar-refractivity contribution in [1.82, 2.24) is 10.0 Å². The van der Waals surface area contributed by atoms with Crippen LogP contribution in [0.15, 0.2) is 35.2 Å². The molecule has 2 heterocycles. The number of benzene rings is 1. The molecule has 3 rings (SSSR count). The van der Waals surface area contributed by atoms with E-state index < -0.39 is 26.8 Å². The highest BCUT2D eigenvalue weighted by atomic mass is 32.2. The van der Waals surface area contributed by atoms with Crippen LogP contribution >= 0.6 is 0 Å². The van der Waals surface area contributed by atoms with E-state index in [4.69, 9.17) is 14.2 Å². The second-order valence-corrected chi connectivity index (χ2v) is 8.46. The number of ether oxygens (including phenoxy) is 3. The Morgan fingerprint density at radius 2 is 1.85 bits per heavy atom. The van der Waals surface area contributed by atoms with E-state index >= 15 is 0 Å². The van der Waals surface area contributed by atoms with Crippen molar-refractivity contribution < 1.29 is 27.4 Å². The molecule has 2 aliphatic heterocycles. The fourth-order valence-electron chi connectivity index (χ4n) is 3.62. The fourth-order valence-corrected chi connectivity index (χ4v) is 5.70. The third-order valence-corrected chi connectivity index (χ3v) is 7.29. The zero-order valence-corrected chi connectivity index (χ0v) is 15.8. The molecule has 0 spiro atoms. The van der Waals surface area contributed by atoms with Crippen LogP contribution in [-0.2, 0) is 28.8 Å². The van der Waals surface area contributed by atoms with Crippen LogP contribution in [0.4, 0.5) is 0 Å². The van der Waals surface area contributed by atoms with Gasteiger partial charge in [-0.1, -0.05) is 18.2 Å². The Kier molecular flexibility index (Phi) is 5.64. The monoisotopic (exact) mass is 384 g/mol. The maximum atomic E-state index is 13.6. The number of hydrogen-bond acceptors (Lipinski definition) is 8. The lowest BCUT2D eigenvalue weighted by molar-refractivity contribution is -0.164. The number of carbonyl (C=O) groups is 1. The van der Waals surface area contributed by atoms with Gasteiger partial charge in [0.2, 0.25) is 14.7 Å². The first kappa shape index (κ1) is 19.2. The van der Waals surface area contributed by atoms with Crippen molar-refractivity contribution in [3.63, 3.8) is 0 Å². The van der Waals surface area contributed by atoms with Crippen LogP contribution in [0.1, 0.15) is 6.42 Å². The number of esters is 1. The minimum Gasteiger partial charge on any atom is -0.467 e. The van der Waals surface area contributed by atoms with Crippen LogP contribution < -0.4 is 0 Å². The van der Waals surface area contributed by atoms with Gasteiger partial charge in [0.05, 0.1) is 31.3 Å². The highest BCUT2D eigenvalue weighted by molar-refractivity contribution is 7.93. The van der Waals surface area contributed by atoms with Gasteiger partial charge in [0.25, 0.3) is 0 Å². The molecule has 1 aromatic rings. The second kappa shape index (κ2) is 7.61. The highest BCUT2D eigenvalue weighted by Gasteiger charge is 2.63. The van der Waals surface area contributed by atoms with Crippen molar-refractivity contribution in [3.05, 3.63) is 30.3 Å².